The first-order chi connectivity index (χ1) is 14.0. The van der Waals surface area contributed by atoms with Crippen molar-refractivity contribution in [2.24, 2.45) is 0 Å². The molecule has 1 aliphatic heterocycles. The van der Waals surface area contributed by atoms with Crippen molar-refractivity contribution in [2.75, 3.05) is 37.6 Å². The molecule has 1 heterocycles. The van der Waals surface area contributed by atoms with Gasteiger partial charge in [-0.25, -0.2) is 4.39 Å². The SMILES string of the molecule is CC(=O)c1ccc(N2CCN(C(=O)CCNC(=O)c3ccccc3)CC2)c(F)c1. The third-order valence-electron chi connectivity index (χ3n) is 4.99. The van der Waals surface area contributed by atoms with Crippen LogP contribution in [-0.2, 0) is 4.79 Å². The Balaban J connectivity index is 1.46. The maximum Gasteiger partial charge on any atom is 0.251 e. The van der Waals surface area contributed by atoms with Crippen molar-refractivity contribution >= 4 is 23.3 Å². The molecule has 6 nitrogen and oxygen atoms in total. The first kappa shape index (κ1) is 20.5. The van der Waals surface area contributed by atoms with Crippen LogP contribution >= 0.6 is 0 Å². The Morgan fingerprint density at radius 1 is 0.966 bits per heavy atom. The van der Waals surface area contributed by atoms with Crippen LogP contribution in [0.5, 0.6) is 0 Å². The number of rotatable bonds is 6. The Bertz CT molecular complexity index is 893. The molecular weight excluding hydrogens is 373 g/mol. The van der Waals surface area contributed by atoms with E-state index in [1.807, 2.05) is 11.0 Å². The van der Waals surface area contributed by atoms with E-state index in [0.29, 0.717) is 43.0 Å². The van der Waals surface area contributed by atoms with Crippen molar-refractivity contribution in [1.82, 2.24) is 10.2 Å². The van der Waals surface area contributed by atoms with E-state index in [4.69, 9.17) is 0 Å². The number of anilines is 1. The third-order valence-corrected chi connectivity index (χ3v) is 4.99. The molecule has 2 aromatic rings. The number of hydrogen-bond acceptors (Lipinski definition) is 4. The predicted octanol–water partition coefficient (Wildman–Crippen LogP) is 2.50. The molecule has 0 radical (unpaired) electrons. The lowest BCUT2D eigenvalue weighted by atomic mass is 10.1. The first-order valence-electron chi connectivity index (χ1n) is 9.62. The Morgan fingerprint density at radius 3 is 2.28 bits per heavy atom. The van der Waals surface area contributed by atoms with Gasteiger partial charge in [0.15, 0.2) is 5.78 Å². The van der Waals surface area contributed by atoms with Gasteiger partial charge >= 0.3 is 0 Å². The second-order valence-electron chi connectivity index (χ2n) is 6.96. The summed E-state index contributed by atoms with van der Waals surface area (Å²) in [6.07, 6.45) is 0.222. The van der Waals surface area contributed by atoms with Gasteiger partial charge in [0.25, 0.3) is 5.91 Å². The molecule has 2 aromatic carbocycles. The molecule has 0 atom stereocenters. The van der Waals surface area contributed by atoms with Crippen LogP contribution in [0.3, 0.4) is 0 Å². The second-order valence-corrected chi connectivity index (χ2v) is 6.96. The molecule has 152 valence electrons. The minimum Gasteiger partial charge on any atom is -0.366 e. The molecule has 0 aromatic heterocycles. The average Bonchev–Trinajstić information content (AvgIpc) is 2.74. The van der Waals surface area contributed by atoms with Gasteiger partial charge in [-0.15, -0.1) is 0 Å². The minimum atomic E-state index is -0.430. The van der Waals surface area contributed by atoms with Crippen molar-refractivity contribution < 1.29 is 18.8 Å². The third kappa shape index (κ3) is 5.19. The summed E-state index contributed by atoms with van der Waals surface area (Å²) in [5, 5.41) is 2.75. The summed E-state index contributed by atoms with van der Waals surface area (Å²) in [7, 11) is 0. The molecule has 0 aliphatic carbocycles. The number of carbonyl (C=O) groups is 3. The van der Waals surface area contributed by atoms with Crippen LogP contribution in [-0.4, -0.2) is 55.2 Å². The van der Waals surface area contributed by atoms with Gasteiger partial charge in [0.05, 0.1) is 5.69 Å². The van der Waals surface area contributed by atoms with Gasteiger partial charge < -0.3 is 15.1 Å². The van der Waals surface area contributed by atoms with Crippen LogP contribution in [0.4, 0.5) is 10.1 Å². The molecular formula is C22H24FN3O3. The highest BCUT2D eigenvalue weighted by molar-refractivity contribution is 5.95. The number of halogens is 1. The number of nitrogens with zero attached hydrogens (tertiary/aromatic N) is 2. The molecule has 1 saturated heterocycles. The number of benzene rings is 2. The minimum absolute atomic E-state index is 0.0367. The average molecular weight is 397 g/mol. The summed E-state index contributed by atoms with van der Waals surface area (Å²) in [6, 6.07) is 13.3. The van der Waals surface area contributed by atoms with Crippen LogP contribution < -0.4 is 10.2 Å². The van der Waals surface area contributed by atoms with E-state index in [0.717, 1.165) is 0 Å². The van der Waals surface area contributed by atoms with Crippen molar-refractivity contribution in [1.29, 1.82) is 0 Å². The standard InChI is InChI=1S/C22H24FN3O3/c1-16(27)18-7-8-20(19(23)15-18)25-11-13-26(14-12-25)21(28)9-10-24-22(29)17-5-3-2-4-6-17/h2-8,15H,9-14H2,1H3,(H,24,29). The number of carbonyl (C=O) groups excluding carboxylic acids is 3. The summed E-state index contributed by atoms with van der Waals surface area (Å²) in [4.78, 5) is 39.4. The van der Waals surface area contributed by atoms with Crippen LogP contribution in [0.2, 0.25) is 0 Å². The Morgan fingerprint density at radius 2 is 1.66 bits per heavy atom. The number of Topliss-reactive ketones (excluding diaryl/α,β-unsaturated/α-hetero) is 1. The lowest BCUT2D eigenvalue weighted by Gasteiger charge is -2.36. The summed E-state index contributed by atoms with van der Waals surface area (Å²) >= 11 is 0. The summed E-state index contributed by atoms with van der Waals surface area (Å²) in [5.41, 5.74) is 1.35. The van der Waals surface area contributed by atoms with Gasteiger partial charge in [-0.3, -0.25) is 14.4 Å². The maximum atomic E-state index is 14.3. The van der Waals surface area contributed by atoms with Gasteiger partial charge in [0.1, 0.15) is 5.82 Å². The Kier molecular flexibility index (Phi) is 6.59. The molecule has 2 amide bonds. The lowest BCUT2D eigenvalue weighted by molar-refractivity contribution is -0.131. The molecule has 3 rings (SSSR count). The zero-order valence-electron chi connectivity index (χ0n) is 16.4. The Labute approximate surface area is 169 Å². The number of amides is 2. The number of piperazine rings is 1. The quantitative estimate of drug-likeness (QED) is 0.761. The zero-order chi connectivity index (χ0) is 20.8. The molecule has 0 unspecified atom stereocenters. The molecule has 7 heteroatoms. The monoisotopic (exact) mass is 397 g/mol. The summed E-state index contributed by atoms with van der Waals surface area (Å²) in [5.74, 6) is -0.843. The fourth-order valence-corrected chi connectivity index (χ4v) is 3.31. The fraction of sp³-hybridized carbons (Fsp3) is 0.318. The van der Waals surface area contributed by atoms with Crippen LogP contribution in [0.15, 0.2) is 48.5 Å². The van der Waals surface area contributed by atoms with E-state index in [2.05, 4.69) is 5.32 Å². The van der Waals surface area contributed by atoms with Crippen molar-refractivity contribution in [3.63, 3.8) is 0 Å². The largest absolute Gasteiger partial charge is 0.366 e. The van der Waals surface area contributed by atoms with E-state index in [9.17, 15) is 18.8 Å². The molecule has 1 N–H and O–H groups in total. The maximum absolute atomic E-state index is 14.3. The smallest absolute Gasteiger partial charge is 0.251 e. The highest BCUT2D eigenvalue weighted by atomic mass is 19.1. The molecule has 1 aliphatic rings. The van der Waals surface area contributed by atoms with Gasteiger partial charge in [0.2, 0.25) is 5.91 Å². The second kappa shape index (κ2) is 9.32. The van der Waals surface area contributed by atoms with E-state index in [1.165, 1.54) is 13.0 Å². The van der Waals surface area contributed by atoms with Gasteiger partial charge in [-0.2, -0.15) is 0 Å². The topological polar surface area (TPSA) is 69.7 Å². The molecule has 0 spiro atoms. The van der Waals surface area contributed by atoms with Crippen molar-refractivity contribution in [3.8, 4) is 0 Å². The molecule has 0 bridgehead atoms. The lowest BCUT2D eigenvalue weighted by Crippen LogP contribution is -2.49. The molecule has 1 fully saturated rings. The summed E-state index contributed by atoms with van der Waals surface area (Å²) in [6.45, 7) is 3.67. The summed E-state index contributed by atoms with van der Waals surface area (Å²) < 4.78 is 14.3. The van der Waals surface area contributed by atoms with E-state index in [1.54, 1.807) is 41.3 Å². The van der Waals surface area contributed by atoms with Crippen LogP contribution in [0, 0.1) is 5.82 Å². The van der Waals surface area contributed by atoms with Gasteiger partial charge in [0, 0.05) is 50.3 Å². The van der Waals surface area contributed by atoms with Gasteiger partial charge in [-0.1, -0.05) is 18.2 Å². The Hall–Kier alpha value is -3.22. The van der Waals surface area contributed by atoms with Crippen LogP contribution in [0.25, 0.3) is 0 Å². The van der Waals surface area contributed by atoms with Crippen molar-refractivity contribution in [2.45, 2.75) is 13.3 Å². The molecule has 0 saturated carbocycles. The van der Waals surface area contributed by atoms with E-state index >= 15 is 0 Å². The predicted molar refractivity (Wildman–Crippen MR) is 109 cm³/mol. The number of hydrogen-bond donors (Lipinski definition) is 1. The number of nitrogens with one attached hydrogen (secondary N) is 1. The fourth-order valence-electron chi connectivity index (χ4n) is 3.31. The van der Waals surface area contributed by atoms with E-state index < -0.39 is 5.82 Å². The van der Waals surface area contributed by atoms with Crippen LogP contribution in [0.1, 0.15) is 34.1 Å². The highest BCUT2D eigenvalue weighted by Crippen LogP contribution is 2.22. The van der Waals surface area contributed by atoms with E-state index in [-0.39, 0.29) is 30.6 Å². The zero-order valence-corrected chi connectivity index (χ0v) is 16.4. The number of ketones is 1. The normalized spacial score (nSPS) is 13.9. The first-order valence-corrected chi connectivity index (χ1v) is 9.62. The highest BCUT2D eigenvalue weighted by Gasteiger charge is 2.23. The van der Waals surface area contributed by atoms with Crippen molar-refractivity contribution in [3.05, 3.63) is 65.5 Å². The molecule has 29 heavy (non-hydrogen) atoms. The van der Waals surface area contributed by atoms with Gasteiger partial charge in [-0.05, 0) is 37.3 Å².